The lowest BCUT2D eigenvalue weighted by Gasteiger charge is -2.17. The third-order valence-corrected chi connectivity index (χ3v) is 4.97. The molecular formula is C22H25NO6. The number of benzene rings is 1. The highest BCUT2D eigenvalue weighted by Crippen LogP contribution is 2.25. The van der Waals surface area contributed by atoms with Crippen LogP contribution in [0.15, 0.2) is 34.9 Å². The Kier molecular flexibility index (Phi) is 6.08. The van der Waals surface area contributed by atoms with Gasteiger partial charge in [-0.05, 0) is 39.0 Å². The number of carbonyl (C=O) groups is 2. The van der Waals surface area contributed by atoms with E-state index in [1.807, 2.05) is 31.4 Å². The van der Waals surface area contributed by atoms with Gasteiger partial charge in [-0.1, -0.05) is 0 Å². The van der Waals surface area contributed by atoms with Gasteiger partial charge in [-0.2, -0.15) is 0 Å². The van der Waals surface area contributed by atoms with Gasteiger partial charge in [0.25, 0.3) is 0 Å². The van der Waals surface area contributed by atoms with Gasteiger partial charge >= 0.3 is 5.97 Å². The number of phenols is 1. The first-order chi connectivity index (χ1) is 13.8. The van der Waals surface area contributed by atoms with Crippen LogP contribution < -0.4 is 0 Å². The Morgan fingerprint density at radius 3 is 2.72 bits per heavy atom. The molecule has 29 heavy (non-hydrogen) atoms. The number of rotatable bonds is 8. The minimum atomic E-state index is -0.518. The van der Waals surface area contributed by atoms with Crippen molar-refractivity contribution >= 4 is 22.7 Å². The molecule has 0 aliphatic rings. The minimum absolute atomic E-state index is 0.0189. The average Bonchev–Trinajstić information content (AvgIpc) is 3.19. The molecule has 0 saturated heterocycles. The van der Waals surface area contributed by atoms with Crippen LogP contribution in [0.5, 0.6) is 5.75 Å². The van der Waals surface area contributed by atoms with E-state index in [0.29, 0.717) is 23.3 Å². The zero-order valence-corrected chi connectivity index (χ0v) is 17.0. The minimum Gasteiger partial charge on any atom is -0.508 e. The molecule has 2 heterocycles. The first-order valence-electron chi connectivity index (χ1n) is 9.37. The highest BCUT2D eigenvalue weighted by molar-refractivity contribution is 5.99. The number of fused-ring (bicyclic) bond motifs is 1. The lowest BCUT2D eigenvalue weighted by atomic mass is 10.1. The van der Waals surface area contributed by atoms with Crippen LogP contribution in [0, 0.1) is 13.8 Å². The molecule has 0 bridgehead atoms. The van der Waals surface area contributed by atoms with E-state index < -0.39 is 5.97 Å². The zero-order valence-electron chi connectivity index (χ0n) is 17.0. The Morgan fingerprint density at radius 1 is 1.24 bits per heavy atom. The van der Waals surface area contributed by atoms with E-state index in [4.69, 9.17) is 13.9 Å². The second-order valence-corrected chi connectivity index (χ2v) is 7.16. The second kappa shape index (κ2) is 8.53. The molecule has 1 atom stereocenters. The maximum atomic E-state index is 12.6. The Hall–Kier alpha value is -3.06. The highest BCUT2D eigenvalue weighted by atomic mass is 16.5. The maximum Gasteiger partial charge on any atom is 0.310 e. The summed E-state index contributed by atoms with van der Waals surface area (Å²) in [6, 6.07) is 6.59. The molecule has 7 nitrogen and oxygen atoms in total. The molecule has 3 aromatic rings. The van der Waals surface area contributed by atoms with E-state index in [2.05, 4.69) is 0 Å². The Balaban J connectivity index is 1.64. The van der Waals surface area contributed by atoms with Gasteiger partial charge in [0, 0.05) is 41.1 Å². The number of furan rings is 1. The summed E-state index contributed by atoms with van der Waals surface area (Å²) in [5, 5.41) is 10.2. The van der Waals surface area contributed by atoms with E-state index in [9.17, 15) is 14.7 Å². The van der Waals surface area contributed by atoms with E-state index >= 15 is 0 Å². The largest absolute Gasteiger partial charge is 0.508 e. The zero-order chi connectivity index (χ0) is 21.1. The number of aryl methyl sites for hydroxylation is 1. The Labute approximate surface area is 168 Å². The van der Waals surface area contributed by atoms with Gasteiger partial charge in [0.1, 0.15) is 11.3 Å². The lowest BCUT2D eigenvalue weighted by Crippen LogP contribution is -2.17. The highest BCUT2D eigenvalue weighted by Gasteiger charge is 2.20. The molecule has 1 N–H and O–H groups in total. The van der Waals surface area contributed by atoms with Crippen LogP contribution >= 0.6 is 0 Å². The van der Waals surface area contributed by atoms with Crippen LogP contribution in [-0.2, 0) is 20.7 Å². The number of aromatic nitrogens is 1. The maximum absolute atomic E-state index is 12.6. The molecule has 3 rings (SSSR count). The number of ketones is 1. The molecular weight excluding hydrogens is 374 g/mol. The summed E-state index contributed by atoms with van der Waals surface area (Å²) in [5.41, 5.74) is 3.46. The fraction of sp³-hybridized carbons (Fsp3) is 0.364. The van der Waals surface area contributed by atoms with Gasteiger partial charge in [0.05, 0.1) is 25.3 Å². The number of hydrogen-bond donors (Lipinski definition) is 1. The summed E-state index contributed by atoms with van der Waals surface area (Å²) in [5.74, 6) is -0.677. The number of methoxy groups -OCH3 is 1. The van der Waals surface area contributed by atoms with Crippen LogP contribution in [0.3, 0.4) is 0 Å². The van der Waals surface area contributed by atoms with Gasteiger partial charge in [-0.3, -0.25) is 9.59 Å². The number of phenolic OH excluding ortho intramolecular Hbond substituents is 1. The van der Waals surface area contributed by atoms with E-state index in [1.165, 1.54) is 18.4 Å². The van der Waals surface area contributed by atoms with Crippen molar-refractivity contribution in [1.29, 1.82) is 0 Å². The van der Waals surface area contributed by atoms with Crippen molar-refractivity contribution in [2.24, 2.45) is 0 Å². The quantitative estimate of drug-likeness (QED) is 0.458. The monoisotopic (exact) mass is 399 g/mol. The first kappa shape index (κ1) is 20.7. The Morgan fingerprint density at radius 2 is 2.00 bits per heavy atom. The van der Waals surface area contributed by atoms with E-state index in [1.54, 1.807) is 13.2 Å². The number of carbonyl (C=O) groups excluding carboxylic acids is 2. The number of Topliss-reactive ketones (excluding diaryl/α,β-unsaturated/α-hetero) is 1. The van der Waals surface area contributed by atoms with Gasteiger partial charge < -0.3 is 23.6 Å². The molecule has 7 heteroatoms. The summed E-state index contributed by atoms with van der Waals surface area (Å²) < 4.78 is 17.8. The van der Waals surface area contributed by atoms with E-state index in [-0.39, 0.29) is 30.6 Å². The summed E-state index contributed by atoms with van der Waals surface area (Å²) in [7, 11) is 1.64. The molecule has 0 amide bonds. The standard InChI is InChI=1S/C22H25NO6/c1-13-7-19(15(3)23(13)14(2)10-27-4)20(25)12-29-22(26)8-16-11-28-21-9-17(24)5-6-18(16)21/h5-7,9,11,14,24H,8,10,12H2,1-4H3/t14-/m0/s1. The average molecular weight is 399 g/mol. The molecule has 0 fully saturated rings. The normalized spacial score (nSPS) is 12.3. The van der Waals surface area contributed by atoms with Gasteiger partial charge in [0.2, 0.25) is 5.78 Å². The number of ether oxygens (including phenoxy) is 2. The molecule has 0 saturated carbocycles. The molecule has 1 aromatic carbocycles. The molecule has 0 aliphatic carbocycles. The topological polar surface area (TPSA) is 90.9 Å². The number of aromatic hydroxyl groups is 1. The SMILES string of the molecule is COC[C@H](C)n1c(C)cc(C(=O)COC(=O)Cc2coc3cc(O)ccc23)c1C. The molecule has 0 radical (unpaired) electrons. The third kappa shape index (κ3) is 4.35. The van der Waals surface area contributed by atoms with Crippen molar-refractivity contribution in [2.75, 3.05) is 20.3 Å². The van der Waals surface area contributed by atoms with Gasteiger partial charge in [0.15, 0.2) is 6.61 Å². The molecule has 0 spiro atoms. The van der Waals surface area contributed by atoms with Gasteiger partial charge in [-0.15, -0.1) is 0 Å². The fourth-order valence-corrected chi connectivity index (χ4v) is 3.69. The predicted molar refractivity (Wildman–Crippen MR) is 107 cm³/mol. The number of nitrogens with zero attached hydrogens (tertiary/aromatic N) is 1. The van der Waals surface area contributed by atoms with Crippen molar-refractivity contribution < 1.29 is 28.6 Å². The van der Waals surface area contributed by atoms with E-state index in [0.717, 1.165) is 16.8 Å². The first-order valence-corrected chi connectivity index (χ1v) is 9.37. The summed E-state index contributed by atoms with van der Waals surface area (Å²) in [6.45, 7) is 6.05. The van der Waals surface area contributed by atoms with Gasteiger partial charge in [-0.25, -0.2) is 0 Å². The van der Waals surface area contributed by atoms with Crippen molar-refractivity contribution in [3.05, 3.63) is 53.0 Å². The van der Waals surface area contributed by atoms with Crippen molar-refractivity contribution in [1.82, 2.24) is 4.57 Å². The molecule has 0 unspecified atom stereocenters. The molecule has 0 aliphatic heterocycles. The van der Waals surface area contributed by atoms with Crippen LogP contribution in [0.4, 0.5) is 0 Å². The predicted octanol–water partition coefficient (Wildman–Crippen LogP) is 3.73. The van der Waals surface area contributed by atoms with Crippen molar-refractivity contribution in [2.45, 2.75) is 33.2 Å². The number of esters is 1. The van der Waals surface area contributed by atoms with Crippen LogP contribution in [0.1, 0.15) is 40.3 Å². The third-order valence-electron chi connectivity index (χ3n) is 4.97. The van der Waals surface area contributed by atoms with Crippen LogP contribution in [0.25, 0.3) is 11.0 Å². The van der Waals surface area contributed by atoms with Crippen LogP contribution in [0.2, 0.25) is 0 Å². The smallest absolute Gasteiger partial charge is 0.310 e. The summed E-state index contributed by atoms with van der Waals surface area (Å²) in [6.07, 6.45) is 1.44. The number of hydrogen-bond acceptors (Lipinski definition) is 6. The van der Waals surface area contributed by atoms with Crippen LogP contribution in [-0.4, -0.2) is 41.7 Å². The van der Waals surface area contributed by atoms with Crippen molar-refractivity contribution in [3.63, 3.8) is 0 Å². The lowest BCUT2D eigenvalue weighted by molar-refractivity contribution is -0.141. The second-order valence-electron chi connectivity index (χ2n) is 7.16. The summed E-state index contributed by atoms with van der Waals surface area (Å²) >= 11 is 0. The Bertz CT molecular complexity index is 1050. The summed E-state index contributed by atoms with van der Waals surface area (Å²) in [4.78, 5) is 24.8. The fourth-order valence-electron chi connectivity index (χ4n) is 3.69. The molecule has 154 valence electrons. The molecule has 2 aromatic heterocycles. The van der Waals surface area contributed by atoms with Crippen molar-refractivity contribution in [3.8, 4) is 5.75 Å².